The predicted molar refractivity (Wildman–Crippen MR) is 91.7 cm³/mol. The van der Waals surface area contributed by atoms with Crippen LogP contribution in [-0.2, 0) is 7.05 Å². The summed E-state index contributed by atoms with van der Waals surface area (Å²) >= 11 is 0. The molecule has 0 bridgehead atoms. The van der Waals surface area contributed by atoms with Crippen LogP contribution in [0.1, 0.15) is 5.56 Å². The topological polar surface area (TPSA) is 93.6 Å². The van der Waals surface area contributed by atoms with Crippen LogP contribution in [0.3, 0.4) is 0 Å². The van der Waals surface area contributed by atoms with Crippen molar-refractivity contribution < 1.29 is 0 Å². The minimum Gasteiger partial charge on any atom is -0.291 e. The molecule has 0 aromatic heterocycles. The van der Waals surface area contributed by atoms with E-state index in [0.717, 1.165) is 4.57 Å². The highest BCUT2D eigenvalue weighted by atomic mass is 16.2. The molecule has 0 saturated heterocycles. The van der Waals surface area contributed by atoms with Crippen LogP contribution < -0.4 is 11.2 Å². The predicted octanol–water partition coefficient (Wildman–Crippen LogP) is 1.46. The first-order valence-corrected chi connectivity index (χ1v) is 7.49. The molecular weight excluding hydrogens is 318 g/mol. The Morgan fingerprint density at radius 1 is 1.00 bits per heavy atom. The van der Waals surface area contributed by atoms with Crippen molar-refractivity contribution in [3.63, 3.8) is 0 Å². The molecule has 0 spiro atoms. The number of aromatic nitrogens is 4. The van der Waals surface area contributed by atoms with E-state index in [1.807, 2.05) is 18.2 Å². The Kier molecular flexibility index (Phi) is 3.18. The number of fused-ring (bicyclic) bond motifs is 2. The molecule has 0 unspecified atom stereocenters. The van der Waals surface area contributed by atoms with Gasteiger partial charge in [0.05, 0.1) is 22.7 Å². The molecule has 7 heteroatoms. The van der Waals surface area contributed by atoms with Crippen LogP contribution in [0.5, 0.6) is 0 Å². The number of benzene rings is 2. The summed E-state index contributed by atoms with van der Waals surface area (Å²) in [5.74, 6) is 0.191. The van der Waals surface area contributed by atoms with Gasteiger partial charge < -0.3 is 0 Å². The van der Waals surface area contributed by atoms with E-state index in [9.17, 15) is 9.59 Å². The number of rotatable bonds is 1. The van der Waals surface area contributed by atoms with E-state index in [-0.39, 0.29) is 11.5 Å². The summed E-state index contributed by atoms with van der Waals surface area (Å²) in [4.78, 5) is 33.0. The molecule has 0 atom stereocenters. The normalized spacial score (nSPS) is 10.9. The average Bonchev–Trinajstić information content (AvgIpc) is 2.65. The molecule has 0 N–H and O–H groups in total. The summed E-state index contributed by atoms with van der Waals surface area (Å²) < 4.78 is 2.65. The molecule has 2 heterocycles. The van der Waals surface area contributed by atoms with Gasteiger partial charge in [0.15, 0.2) is 11.5 Å². The second-order valence-electron chi connectivity index (χ2n) is 5.53. The minimum absolute atomic E-state index is 0.116. The van der Waals surface area contributed by atoms with Gasteiger partial charge in [-0.05, 0) is 36.4 Å². The second-order valence-corrected chi connectivity index (χ2v) is 5.53. The van der Waals surface area contributed by atoms with Crippen molar-refractivity contribution >= 4 is 11.0 Å². The number of nitriles is 1. The Balaban J connectivity index is 2.21. The highest BCUT2D eigenvalue weighted by Gasteiger charge is 2.21. The summed E-state index contributed by atoms with van der Waals surface area (Å²) in [5.41, 5.74) is 1.49. The summed E-state index contributed by atoms with van der Waals surface area (Å²) in [6, 6.07) is 16.2. The number of para-hydroxylation sites is 2. The largest absolute Gasteiger partial charge is 0.352 e. The Morgan fingerprint density at radius 3 is 2.44 bits per heavy atom. The summed E-state index contributed by atoms with van der Waals surface area (Å²) in [5, 5.41) is 8.98. The van der Waals surface area contributed by atoms with Crippen molar-refractivity contribution in [2.24, 2.45) is 7.05 Å². The first kappa shape index (κ1) is 14.8. The lowest BCUT2D eigenvalue weighted by Gasteiger charge is -2.17. The maximum Gasteiger partial charge on any atom is 0.352 e. The zero-order valence-electron chi connectivity index (χ0n) is 13.2. The van der Waals surface area contributed by atoms with Gasteiger partial charge in [0.25, 0.3) is 5.56 Å². The molecular formula is C18H11N5O2. The fourth-order valence-electron chi connectivity index (χ4n) is 2.74. The number of nitrogens with zero attached hydrogens (tertiary/aromatic N) is 5. The molecule has 120 valence electrons. The lowest BCUT2D eigenvalue weighted by Crippen LogP contribution is -2.36. The zero-order chi connectivity index (χ0) is 17.6. The third-order valence-electron chi connectivity index (χ3n) is 4.03. The average molecular weight is 329 g/mol. The van der Waals surface area contributed by atoms with Gasteiger partial charge in [0.1, 0.15) is 0 Å². The Labute approximate surface area is 141 Å². The van der Waals surface area contributed by atoms with Crippen LogP contribution in [0, 0.1) is 11.3 Å². The molecule has 0 saturated carbocycles. The van der Waals surface area contributed by atoms with Crippen LogP contribution in [0.2, 0.25) is 0 Å². The third-order valence-corrected chi connectivity index (χ3v) is 4.03. The highest BCUT2D eigenvalue weighted by molar-refractivity contribution is 5.81. The Morgan fingerprint density at radius 2 is 1.72 bits per heavy atom. The quantitative estimate of drug-likeness (QED) is 0.493. The molecule has 7 nitrogen and oxygen atoms in total. The van der Waals surface area contributed by atoms with Gasteiger partial charge in [-0.25, -0.2) is 9.78 Å². The van der Waals surface area contributed by atoms with Gasteiger partial charge in [-0.15, -0.1) is 0 Å². The van der Waals surface area contributed by atoms with E-state index >= 15 is 0 Å². The molecule has 2 aliphatic heterocycles. The van der Waals surface area contributed by atoms with Gasteiger partial charge in [-0.3, -0.25) is 13.9 Å². The molecule has 25 heavy (non-hydrogen) atoms. The molecule has 0 aliphatic carbocycles. The number of hydrogen-bond acceptors (Lipinski definition) is 5. The first-order chi connectivity index (χ1) is 12.1. The van der Waals surface area contributed by atoms with E-state index in [1.165, 1.54) is 7.05 Å². The van der Waals surface area contributed by atoms with E-state index < -0.39 is 11.2 Å². The van der Waals surface area contributed by atoms with E-state index in [4.69, 9.17) is 5.26 Å². The Bertz CT molecular complexity index is 1250. The fraction of sp³-hybridized carbons (Fsp3) is 0.0556. The van der Waals surface area contributed by atoms with Gasteiger partial charge in [0, 0.05) is 12.7 Å². The molecule has 0 radical (unpaired) electrons. The van der Waals surface area contributed by atoms with Crippen molar-refractivity contribution in [2.45, 2.75) is 0 Å². The maximum absolute atomic E-state index is 12.5. The summed E-state index contributed by atoms with van der Waals surface area (Å²) in [6.45, 7) is 0. The first-order valence-electron chi connectivity index (χ1n) is 7.49. The van der Waals surface area contributed by atoms with Crippen molar-refractivity contribution in [2.75, 3.05) is 0 Å². The van der Waals surface area contributed by atoms with Crippen molar-refractivity contribution in [3.8, 4) is 23.3 Å². The summed E-state index contributed by atoms with van der Waals surface area (Å²) in [6.07, 6.45) is 0. The van der Waals surface area contributed by atoms with E-state index in [2.05, 4.69) is 16.0 Å². The molecule has 2 aromatic carbocycles. The maximum atomic E-state index is 12.5. The third kappa shape index (κ3) is 2.20. The van der Waals surface area contributed by atoms with Gasteiger partial charge in [-0.2, -0.15) is 10.2 Å². The SMILES string of the molecule is Cn1c(=O)nc2n(-c3ccc(C#N)cc3)c3ccccc3nc-2c1=O. The van der Waals surface area contributed by atoms with Crippen LogP contribution in [0.25, 0.3) is 28.2 Å². The van der Waals surface area contributed by atoms with Crippen LogP contribution in [-0.4, -0.2) is 19.1 Å². The van der Waals surface area contributed by atoms with E-state index in [0.29, 0.717) is 22.3 Å². The molecule has 4 rings (SSSR count). The minimum atomic E-state index is -0.642. The van der Waals surface area contributed by atoms with Crippen LogP contribution >= 0.6 is 0 Å². The molecule has 2 aliphatic rings. The smallest absolute Gasteiger partial charge is 0.291 e. The van der Waals surface area contributed by atoms with Gasteiger partial charge in [0.2, 0.25) is 0 Å². The zero-order valence-corrected chi connectivity index (χ0v) is 13.2. The fourth-order valence-corrected chi connectivity index (χ4v) is 2.74. The van der Waals surface area contributed by atoms with Crippen molar-refractivity contribution in [1.82, 2.24) is 19.1 Å². The van der Waals surface area contributed by atoms with E-state index in [1.54, 1.807) is 34.9 Å². The van der Waals surface area contributed by atoms with Crippen LogP contribution in [0.15, 0.2) is 58.1 Å². The lowest BCUT2D eigenvalue weighted by molar-refractivity contribution is 0.759. The van der Waals surface area contributed by atoms with Crippen molar-refractivity contribution in [3.05, 3.63) is 74.9 Å². The highest BCUT2D eigenvalue weighted by Crippen LogP contribution is 2.25. The monoisotopic (exact) mass is 329 g/mol. The molecule has 0 amide bonds. The standard InChI is InChI=1S/C18H11N5O2/c1-22-17(24)15-16(21-18(22)25)23(12-8-6-11(10-19)7-9-12)14-5-3-2-4-13(14)20-15/h2-9H,1H3. The lowest BCUT2D eigenvalue weighted by atomic mass is 10.2. The van der Waals surface area contributed by atoms with Crippen molar-refractivity contribution in [1.29, 1.82) is 5.26 Å². The molecule has 0 fully saturated rings. The molecule has 2 aromatic rings. The van der Waals surface area contributed by atoms with Crippen LogP contribution in [0.4, 0.5) is 0 Å². The Hall–Kier alpha value is -3.79. The van der Waals surface area contributed by atoms with Gasteiger partial charge >= 0.3 is 5.69 Å². The summed E-state index contributed by atoms with van der Waals surface area (Å²) in [7, 11) is 1.38. The van der Waals surface area contributed by atoms with Gasteiger partial charge in [-0.1, -0.05) is 12.1 Å². The number of hydrogen-bond donors (Lipinski definition) is 0. The second kappa shape index (κ2) is 5.39.